The second-order valence-electron chi connectivity index (χ2n) is 0. The zero-order valence-corrected chi connectivity index (χ0v) is 6.41. The van der Waals surface area contributed by atoms with Crippen molar-refractivity contribution in [3.63, 3.8) is 0 Å². The summed E-state index contributed by atoms with van der Waals surface area (Å²) in [6.07, 6.45) is 0. The van der Waals surface area contributed by atoms with Crippen LogP contribution in [0.4, 0.5) is 0 Å². The number of hydrogen-bond donors (Lipinski definition) is 0. The fourth-order valence-corrected chi connectivity index (χ4v) is 0. The third-order valence-corrected chi connectivity index (χ3v) is 0. The van der Waals surface area contributed by atoms with Crippen LogP contribution in [0.2, 0.25) is 0 Å². The molecule has 0 saturated heterocycles. The van der Waals surface area contributed by atoms with Gasteiger partial charge in [0.2, 0.25) is 0 Å². The van der Waals surface area contributed by atoms with Gasteiger partial charge in [-0.25, -0.2) is 0 Å². The van der Waals surface area contributed by atoms with Gasteiger partial charge < -0.3 is 0 Å². The van der Waals surface area contributed by atoms with Crippen molar-refractivity contribution >= 4 is 17.4 Å². The molecule has 0 saturated carbocycles. The van der Waals surface area contributed by atoms with Crippen molar-refractivity contribution in [2.45, 2.75) is 0 Å². The Bertz CT molecular complexity index is 3.25. The van der Waals surface area contributed by atoms with Crippen molar-refractivity contribution in [2.75, 3.05) is 0 Å². The van der Waals surface area contributed by atoms with E-state index in [1.165, 1.54) is 0 Å². The van der Waals surface area contributed by atoms with E-state index in [4.69, 9.17) is 0 Å². The van der Waals surface area contributed by atoms with Crippen LogP contribution in [0.1, 0.15) is 0 Å². The van der Waals surface area contributed by atoms with Gasteiger partial charge in [0.1, 0.15) is 0 Å². The molecule has 0 spiro atoms. The Labute approximate surface area is 68.0 Å². The fraction of sp³-hybridized carbons (Fsp3) is 0. The van der Waals surface area contributed by atoms with Crippen LogP contribution in [0.25, 0.3) is 0 Å². The van der Waals surface area contributed by atoms with Gasteiger partial charge in [0.05, 0.1) is 0 Å². The Balaban J connectivity index is 0. The first-order valence-corrected chi connectivity index (χ1v) is 0. The minimum Gasteiger partial charge on any atom is 0 e. The molecule has 0 bridgehead atoms. The van der Waals surface area contributed by atoms with Crippen molar-refractivity contribution in [3.05, 3.63) is 0 Å². The van der Waals surface area contributed by atoms with Crippen LogP contribution in [0.3, 0.4) is 0 Å². The molecule has 0 heterocycles. The van der Waals surface area contributed by atoms with E-state index in [2.05, 4.69) is 0 Å². The summed E-state index contributed by atoms with van der Waals surface area (Å²) >= 11 is 0. The predicted molar refractivity (Wildman–Crippen MR) is 5.75 cm³/mol. The summed E-state index contributed by atoms with van der Waals surface area (Å²) < 4.78 is 0. The predicted octanol–water partition coefficient (Wildman–Crippen LogP) is -0.388. The van der Waals surface area contributed by atoms with E-state index in [1.54, 1.807) is 0 Å². The standard InChI is InChI=1S/Al.3Mn/q+3;;;. The molecule has 4 heavy (non-hydrogen) atoms. The molecule has 0 nitrogen and oxygen atoms in total. The normalized spacial score (nSPS) is 0. The molecule has 0 aromatic heterocycles. The first-order chi connectivity index (χ1) is 0. The summed E-state index contributed by atoms with van der Waals surface area (Å²) in [6, 6.07) is 0. The summed E-state index contributed by atoms with van der Waals surface area (Å²) in [5.74, 6) is 0. The molecule has 0 aliphatic heterocycles. The van der Waals surface area contributed by atoms with Crippen LogP contribution in [-0.2, 0) is 51.2 Å². The van der Waals surface area contributed by atoms with Crippen LogP contribution >= 0.6 is 0 Å². The number of rotatable bonds is 0. The van der Waals surface area contributed by atoms with Crippen LogP contribution in [0.15, 0.2) is 0 Å². The monoisotopic (exact) mass is 192 g/mol. The van der Waals surface area contributed by atoms with Crippen molar-refractivity contribution in [2.24, 2.45) is 0 Å². The first kappa shape index (κ1) is 36.1. The Kier molecular flexibility index (Phi) is 176. The SMILES string of the molecule is [Al+3].[Mn].[Mn].[Mn]. The molecule has 0 unspecified atom stereocenters. The quantitative estimate of drug-likeness (QED) is 0.458. The topological polar surface area (TPSA) is 0 Å². The van der Waals surface area contributed by atoms with Gasteiger partial charge in [0, 0.05) is 51.2 Å². The molecule has 0 amide bonds. The molecule has 0 aliphatic carbocycles. The Morgan fingerprint density at radius 3 is 0.500 bits per heavy atom. The molecule has 0 N–H and O–H groups in total. The van der Waals surface area contributed by atoms with Gasteiger partial charge in [-0.3, -0.25) is 0 Å². The van der Waals surface area contributed by atoms with E-state index in [0.29, 0.717) is 0 Å². The second kappa shape index (κ2) is 19.5. The maximum atomic E-state index is 0. The third-order valence-electron chi connectivity index (χ3n) is 0. The second-order valence-corrected chi connectivity index (χ2v) is 0. The van der Waals surface area contributed by atoms with Crippen LogP contribution < -0.4 is 0 Å². The van der Waals surface area contributed by atoms with E-state index < -0.39 is 0 Å². The van der Waals surface area contributed by atoms with E-state index in [0.717, 1.165) is 0 Å². The minimum atomic E-state index is 0. The van der Waals surface area contributed by atoms with Crippen LogP contribution in [0, 0.1) is 0 Å². The fourth-order valence-electron chi connectivity index (χ4n) is 0. The summed E-state index contributed by atoms with van der Waals surface area (Å²) in [4.78, 5) is 0. The molecular weight excluding hydrogens is 192 g/mol. The molecule has 0 aromatic rings. The maximum Gasteiger partial charge on any atom is 3.00 e. The molecule has 0 aliphatic rings. The molecule has 0 atom stereocenters. The van der Waals surface area contributed by atoms with Crippen molar-refractivity contribution in [1.29, 1.82) is 0 Å². The molecule has 4 heteroatoms. The smallest absolute Gasteiger partial charge is 0 e. The van der Waals surface area contributed by atoms with Gasteiger partial charge in [-0.15, -0.1) is 0 Å². The Hall–Kier alpha value is 2.09. The van der Waals surface area contributed by atoms with E-state index in [9.17, 15) is 0 Å². The summed E-state index contributed by atoms with van der Waals surface area (Å²) in [6.45, 7) is 0. The van der Waals surface area contributed by atoms with Crippen LogP contribution in [-0.4, -0.2) is 17.4 Å². The first-order valence-electron chi connectivity index (χ1n) is 0. The Morgan fingerprint density at radius 1 is 0.500 bits per heavy atom. The van der Waals surface area contributed by atoms with Gasteiger partial charge in [-0.05, 0) is 0 Å². The van der Waals surface area contributed by atoms with Crippen molar-refractivity contribution in [3.8, 4) is 0 Å². The van der Waals surface area contributed by atoms with Crippen molar-refractivity contribution < 1.29 is 51.2 Å². The minimum absolute atomic E-state index is 0. The molecule has 21 valence electrons. The van der Waals surface area contributed by atoms with E-state index >= 15 is 0 Å². The Morgan fingerprint density at radius 2 is 0.500 bits per heavy atom. The van der Waals surface area contributed by atoms with Gasteiger partial charge >= 0.3 is 17.4 Å². The van der Waals surface area contributed by atoms with Gasteiger partial charge in [-0.1, -0.05) is 0 Å². The molecule has 0 fully saturated rings. The molecule has 0 aromatic carbocycles. The number of hydrogen-bond acceptors (Lipinski definition) is 0. The molecule has 0 rings (SSSR count). The van der Waals surface area contributed by atoms with Crippen molar-refractivity contribution in [1.82, 2.24) is 0 Å². The maximum absolute atomic E-state index is 0. The summed E-state index contributed by atoms with van der Waals surface area (Å²) in [5, 5.41) is 0. The molecule has 3 radical (unpaired) electrons. The zero-order chi connectivity index (χ0) is 0. The zero-order valence-electron chi connectivity index (χ0n) is 1.71. The van der Waals surface area contributed by atoms with E-state index in [-0.39, 0.29) is 68.6 Å². The summed E-state index contributed by atoms with van der Waals surface area (Å²) in [5.41, 5.74) is 0. The van der Waals surface area contributed by atoms with Crippen LogP contribution in [0.5, 0.6) is 0 Å². The molecular formula is AlMn3+3. The van der Waals surface area contributed by atoms with Gasteiger partial charge in [0.15, 0.2) is 0 Å². The third kappa shape index (κ3) is 8.94. The summed E-state index contributed by atoms with van der Waals surface area (Å²) in [7, 11) is 0. The largest absolute Gasteiger partial charge is 3.00 e. The average Bonchev–Trinajstić information content (AvgIpc) is 0. The van der Waals surface area contributed by atoms with Gasteiger partial charge in [0.25, 0.3) is 0 Å². The van der Waals surface area contributed by atoms with E-state index in [1.807, 2.05) is 0 Å². The van der Waals surface area contributed by atoms with Gasteiger partial charge in [-0.2, -0.15) is 0 Å². The average molecular weight is 192 g/mol.